The molecule has 35 heavy (non-hydrogen) atoms. The number of ether oxygens (including phenoxy) is 2. The maximum absolute atomic E-state index is 13.0. The highest BCUT2D eigenvalue weighted by Gasteiger charge is 2.19. The fraction of sp³-hybridized carbons (Fsp3) is 0.435. The maximum Gasteiger partial charge on any atom is 0.275 e. The molecule has 0 radical (unpaired) electrons. The van der Waals surface area contributed by atoms with Gasteiger partial charge in [0, 0.05) is 56.7 Å². The summed E-state index contributed by atoms with van der Waals surface area (Å²) in [7, 11) is 1.92. The number of pyridine rings is 1. The van der Waals surface area contributed by atoms with Gasteiger partial charge in [0.25, 0.3) is 11.8 Å². The zero-order valence-corrected chi connectivity index (χ0v) is 20.3. The summed E-state index contributed by atoms with van der Waals surface area (Å²) < 4.78 is 11.0. The van der Waals surface area contributed by atoms with Crippen LogP contribution in [0.5, 0.6) is 0 Å². The Morgan fingerprint density at radius 2 is 2.00 bits per heavy atom. The second kappa shape index (κ2) is 11.9. The molecule has 186 valence electrons. The second-order valence-corrected chi connectivity index (χ2v) is 8.99. The number of anilines is 1. The Morgan fingerprint density at radius 1 is 1.20 bits per heavy atom. The summed E-state index contributed by atoms with van der Waals surface area (Å²) in [6, 6.07) is 3.81. The normalized spacial score (nSPS) is 19.3. The van der Waals surface area contributed by atoms with Gasteiger partial charge < -0.3 is 30.7 Å². The number of fused-ring (bicyclic) bond motifs is 5. The number of hydrogen-bond donors (Lipinski definition) is 3. The average Bonchev–Trinajstić information content (AvgIpc) is 3.38. The molecule has 0 saturated carbocycles. The summed E-state index contributed by atoms with van der Waals surface area (Å²) in [6.45, 7) is 2.91. The van der Waals surface area contributed by atoms with Gasteiger partial charge in [-0.25, -0.2) is 9.97 Å². The predicted octanol–water partition coefficient (Wildman–Crippen LogP) is 0.938. The van der Waals surface area contributed by atoms with E-state index in [1.165, 1.54) is 17.6 Å². The van der Waals surface area contributed by atoms with E-state index in [2.05, 4.69) is 25.6 Å². The van der Waals surface area contributed by atoms with Gasteiger partial charge in [-0.2, -0.15) is 0 Å². The average molecular weight is 500 g/mol. The van der Waals surface area contributed by atoms with Crippen LogP contribution in [0.2, 0.25) is 0 Å². The van der Waals surface area contributed by atoms with Crippen molar-refractivity contribution in [3.05, 3.63) is 40.8 Å². The van der Waals surface area contributed by atoms with Crippen molar-refractivity contribution < 1.29 is 19.1 Å². The van der Waals surface area contributed by atoms with Gasteiger partial charge in [-0.05, 0) is 25.0 Å². The lowest BCUT2D eigenvalue weighted by Gasteiger charge is -2.19. The van der Waals surface area contributed by atoms with Crippen LogP contribution >= 0.6 is 11.3 Å². The van der Waals surface area contributed by atoms with Crippen LogP contribution in [-0.4, -0.2) is 80.6 Å². The topological polar surface area (TPSA) is 144 Å². The number of thiazole rings is 1. The zero-order valence-electron chi connectivity index (χ0n) is 19.5. The molecule has 2 aliphatic rings. The Morgan fingerprint density at radius 3 is 2.83 bits per heavy atom. The molecular formula is C23H29N7O4S. The summed E-state index contributed by atoms with van der Waals surface area (Å²) in [6.07, 6.45) is 4.70. The van der Waals surface area contributed by atoms with Crippen molar-refractivity contribution in [2.24, 2.45) is 10.7 Å². The van der Waals surface area contributed by atoms with Crippen LogP contribution in [0.1, 0.15) is 23.3 Å². The quantitative estimate of drug-likeness (QED) is 0.518. The molecule has 0 aromatic carbocycles. The van der Waals surface area contributed by atoms with Crippen LogP contribution in [0.15, 0.2) is 40.1 Å². The van der Waals surface area contributed by atoms with E-state index in [1.807, 2.05) is 24.1 Å². The minimum absolute atomic E-state index is 0.0374. The SMILES string of the molecule is CN1CCOCCNC(=O)C(N)=C(C=NC2CCOCC2)NC(=O)c2csc(n2)-c2ccnc1c2. The smallest absolute Gasteiger partial charge is 0.275 e. The lowest BCUT2D eigenvalue weighted by Crippen LogP contribution is -2.36. The van der Waals surface area contributed by atoms with E-state index in [0.717, 1.165) is 24.2 Å². The van der Waals surface area contributed by atoms with E-state index in [0.29, 0.717) is 38.0 Å². The molecule has 2 aliphatic heterocycles. The molecule has 1 saturated heterocycles. The van der Waals surface area contributed by atoms with Gasteiger partial charge in [0.15, 0.2) is 0 Å². The number of aromatic nitrogens is 2. The molecule has 0 atom stereocenters. The van der Waals surface area contributed by atoms with Crippen molar-refractivity contribution in [2.75, 3.05) is 51.5 Å². The third kappa shape index (κ3) is 6.62. The van der Waals surface area contributed by atoms with Crippen molar-refractivity contribution >= 4 is 35.2 Å². The van der Waals surface area contributed by atoms with E-state index < -0.39 is 11.8 Å². The molecule has 2 aromatic rings. The molecule has 0 aliphatic carbocycles. The summed E-state index contributed by atoms with van der Waals surface area (Å²) in [5.41, 5.74) is 7.19. The summed E-state index contributed by atoms with van der Waals surface area (Å²) >= 11 is 1.34. The highest BCUT2D eigenvalue weighted by atomic mass is 32.1. The number of nitrogens with one attached hydrogen (secondary N) is 2. The Kier molecular flexibility index (Phi) is 8.40. The molecule has 4 N–H and O–H groups in total. The number of carbonyl (C=O) groups excluding carboxylic acids is 2. The second-order valence-electron chi connectivity index (χ2n) is 8.13. The number of hydrogen-bond acceptors (Lipinski definition) is 10. The van der Waals surface area contributed by atoms with Crippen molar-refractivity contribution in [1.29, 1.82) is 0 Å². The molecule has 2 aromatic heterocycles. The number of aliphatic imine (C=N–C) groups is 1. The summed E-state index contributed by atoms with van der Waals surface area (Å²) in [5, 5.41) is 7.78. The first-order valence-electron chi connectivity index (χ1n) is 11.4. The molecule has 2 amide bonds. The lowest BCUT2D eigenvalue weighted by molar-refractivity contribution is -0.117. The Hall–Kier alpha value is -3.35. The minimum Gasteiger partial charge on any atom is -0.393 e. The predicted molar refractivity (Wildman–Crippen MR) is 133 cm³/mol. The van der Waals surface area contributed by atoms with Gasteiger partial charge in [0.05, 0.1) is 25.0 Å². The molecule has 4 heterocycles. The van der Waals surface area contributed by atoms with Gasteiger partial charge in [-0.15, -0.1) is 11.3 Å². The monoisotopic (exact) mass is 499 g/mol. The molecule has 12 heteroatoms. The highest BCUT2D eigenvalue weighted by molar-refractivity contribution is 7.13. The van der Waals surface area contributed by atoms with Gasteiger partial charge >= 0.3 is 0 Å². The highest BCUT2D eigenvalue weighted by Crippen LogP contribution is 2.26. The summed E-state index contributed by atoms with van der Waals surface area (Å²) in [5.74, 6) is -0.227. The molecule has 4 rings (SSSR count). The third-order valence-corrected chi connectivity index (χ3v) is 6.50. The Bertz CT molecular complexity index is 1110. The van der Waals surface area contributed by atoms with Crippen molar-refractivity contribution in [3.8, 4) is 10.6 Å². The van der Waals surface area contributed by atoms with Crippen molar-refractivity contribution in [3.63, 3.8) is 0 Å². The maximum atomic E-state index is 13.0. The van der Waals surface area contributed by atoms with Crippen LogP contribution in [0.25, 0.3) is 10.6 Å². The Balaban J connectivity index is 1.62. The number of amides is 2. The standard InChI is InChI=1S/C23H29N7O4S/c1-30-7-11-34-10-6-26-22(32)20(24)17(13-27-16-3-8-33-9-4-16)28-21(31)18-14-35-23(29-18)15-2-5-25-19(30)12-15/h2,5,12-14,16H,3-4,6-11,24H2,1H3,(H,26,32)(H,28,31). The molecular weight excluding hydrogens is 470 g/mol. The van der Waals surface area contributed by atoms with Crippen LogP contribution in [0.4, 0.5) is 5.82 Å². The van der Waals surface area contributed by atoms with Crippen LogP contribution < -0.4 is 21.3 Å². The molecule has 0 spiro atoms. The van der Waals surface area contributed by atoms with Gasteiger partial charge in [-0.3, -0.25) is 14.6 Å². The van der Waals surface area contributed by atoms with Crippen LogP contribution in [0, 0.1) is 0 Å². The van der Waals surface area contributed by atoms with E-state index in [1.54, 1.807) is 11.6 Å². The van der Waals surface area contributed by atoms with E-state index in [9.17, 15) is 9.59 Å². The fourth-order valence-corrected chi connectivity index (χ4v) is 4.31. The largest absolute Gasteiger partial charge is 0.393 e. The zero-order chi connectivity index (χ0) is 24.6. The number of nitrogens with two attached hydrogens (primary N) is 1. The van der Waals surface area contributed by atoms with Crippen molar-refractivity contribution in [2.45, 2.75) is 18.9 Å². The lowest BCUT2D eigenvalue weighted by atomic mass is 10.1. The molecule has 1 fully saturated rings. The Labute approximate surface area is 207 Å². The first-order valence-corrected chi connectivity index (χ1v) is 12.3. The number of allylic oxidation sites excluding steroid dienone is 1. The first kappa shape index (κ1) is 24.8. The van der Waals surface area contributed by atoms with Crippen LogP contribution in [-0.2, 0) is 14.3 Å². The molecule has 4 bridgehead atoms. The minimum atomic E-state index is -0.515. The summed E-state index contributed by atoms with van der Waals surface area (Å²) in [4.78, 5) is 41.1. The molecule has 11 nitrogen and oxygen atoms in total. The first-order chi connectivity index (χ1) is 17.0. The van der Waals surface area contributed by atoms with E-state index >= 15 is 0 Å². The van der Waals surface area contributed by atoms with E-state index in [-0.39, 0.29) is 29.7 Å². The van der Waals surface area contributed by atoms with Gasteiger partial charge in [-0.1, -0.05) is 0 Å². The number of rotatable bonds is 2. The van der Waals surface area contributed by atoms with Crippen LogP contribution in [0.3, 0.4) is 0 Å². The van der Waals surface area contributed by atoms with Crippen molar-refractivity contribution in [1.82, 2.24) is 20.6 Å². The molecule has 0 unspecified atom stereocenters. The van der Waals surface area contributed by atoms with Gasteiger partial charge in [0.2, 0.25) is 0 Å². The number of likely N-dealkylation sites (N-methyl/N-ethyl adjacent to an activating group) is 1. The fourth-order valence-electron chi connectivity index (χ4n) is 3.51. The van der Waals surface area contributed by atoms with Gasteiger partial charge in [0.1, 0.15) is 22.2 Å². The van der Waals surface area contributed by atoms with E-state index in [4.69, 9.17) is 15.2 Å². The third-order valence-electron chi connectivity index (χ3n) is 5.61. The number of nitrogens with zero attached hydrogens (tertiary/aromatic N) is 4. The number of carbonyl (C=O) groups is 2.